The number of carboxylic acid groups (broad SMARTS) is 1. The van der Waals surface area contributed by atoms with Crippen LogP contribution in [0.25, 0.3) is 10.2 Å². The first kappa shape index (κ1) is 15.5. The van der Waals surface area contributed by atoms with E-state index in [1.165, 1.54) is 0 Å². The zero-order valence-corrected chi connectivity index (χ0v) is 12.7. The van der Waals surface area contributed by atoms with Crippen LogP contribution in [0.5, 0.6) is 11.6 Å². The highest BCUT2D eigenvalue weighted by Crippen LogP contribution is 2.33. The Kier molecular flexibility index (Phi) is 5.35. The summed E-state index contributed by atoms with van der Waals surface area (Å²) < 4.78 is 16.9. The molecule has 0 aliphatic heterocycles. The monoisotopic (exact) mass is 311 g/mol. The molecule has 2 aromatic heterocycles. The molecule has 7 heteroatoms. The van der Waals surface area contributed by atoms with Crippen molar-refractivity contribution in [1.29, 1.82) is 0 Å². The van der Waals surface area contributed by atoms with Crippen molar-refractivity contribution in [1.82, 2.24) is 4.98 Å². The normalized spacial score (nSPS) is 10.8. The van der Waals surface area contributed by atoms with Crippen molar-refractivity contribution < 1.29 is 24.1 Å². The van der Waals surface area contributed by atoms with Crippen molar-refractivity contribution in [3.05, 3.63) is 17.0 Å². The number of carboxylic acids is 1. The SMILES string of the molecule is COc1cc2sc(COCCCC(=O)O)cc2nc1OC. The smallest absolute Gasteiger partial charge is 0.303 e. The summed E-state index contributed by atoms with van der Waals surface area (Å²) in [6, 6.07) is 3.83. The molecule has 0 bridgehead atoms. The second-order valence-electron chi connectivity index (χ2n) is 4.35. The second-order valence-corrected chi connectivity index (χ2v) is 5.51. The Balaban J connectivity index is 2.00. The molecule has 0 unspecified atom stereocenters. The summed E-state index contributed by atoms with van der Waals surface area (Å²) in [6.45, 7) is 0.881. The molecule has 2 rings (SSSR count). The Morgan fingerprint density at radius 3 is 2.81 bits per heavy atom. The van der Waals surface area contributed by atoms with E-state index < -0.39 is 5.97 Å². The molecule has 0 aliphatic rings. The maximum absolute atomic E-state index is 10.4. The van der Waals surface area contributed by atoms with E-state index in [1.807, 2.05) is 12.1 Å². The highest BCUT2D eigenvalue weighted by molar-refractivity contribution is 7.19. The van der Waals surface area contributed by atoms with Crippen LogP contribution in [0.4, 0.5) is 0 Å². The lowest BCUT2D eigenvalue weighted by Crippen LogP contribution is -1.99. The minimum atomic E-state index is -0.802. The number of nitrogens with zero attached hydrogens (tertiary/aromatic N) is 1. The van der Waals surface area contributed by atoms with E-state index in [1.54, 1.807) is 25.6 Å². The minimum absolute atomic E-state index is 0.127. The van der Waals surface area contributed by atoms with Crippen LogP contribution in [-0.2, 0) is 16.1 Å². The van der Waals surface area contributed by atoms with E-state index in [9.17, 15) is 4.79 Å². The van der Waals surface area contributed by atoms with E-state index in [2.05, 4.69) is 4.98 Å². The quantitative estimate of drug-likeness (QED) is 0.755. The number of hydrogen-bond acceptors (Lipinski definition) is 6. The molecule has 0 amide bonds. The number of pyridine rings is 1. The molecule has 0 spiro atoms. The van der Waals surface area contributed by atoms with E-state index >= 15 is 0 Å². The zero-order valence-electron chi connectivity index (χ0n) is 11.9. The molecule has 0 saturated heterocycles. The highest BCUT2D eigenvalue weighted by atomic mass is 32.1. The summed E-state index contributed by atoms with van der Waals surface area (Å²) in [5, 5.41) is 8.54. The predicted octanol–water partition coefficient (Wildman–Crippen LogP) is 2.69. The van der Waals surface area contributed by atoms with Gasteiger partial charge in [-0.05, 0) is 12.5 Å². The van der Waals surface area contributed by atoms with Crippen LogP contribution < -0.4 is 9.47 Å². The van der Waals surface area contributed by atoms with Gasteiger partial charge in [0.2, 0.25) is 0 Å². The van der Waals surface area contributed by atoms with Crippen LogP contribution >= 0.6 is 11.3 Å². The Morgan fingerprint density at radius 2 is 2.14 bits per heavy atom. The fourth-order valence-corrected chi connectivity index (χ4v) is 2.81. The molecule has 0 aliphatic carbocycles. The largest absolute Gasteiger partial charge is 0.491 e. The molecular formula is C14H17NO5S. The summed E-state index contributed by atoms with van der Waals surface area (Å²) in [5.74, 6) is 0.251. The van der Waals surface area contributed by atoms with Crippen LogP contribution in [0, 0.1) is 0 Å². The number of aliphatic carboxylic acids is 1. The fraction of sp³-hybridized carbons (Fsp3) is 0.429. The van der Waals surface area contributed by atoms with E-state index in [4.69, 9.17) is 19.3 Å². The summed E-state index contributed by atoms with van der Waals surface area (Å²) in [5.41, 5.74) is 0.835. The molecule has 0 fully saturated rings. The van der Waals surface area contributed by atoms with Gasteiger partial charge in [-0.15, -0.1) is 11.3 Å². The average Bonchev–Trinajstić information content (AvgIpc) is 2.86. The number of fused-ring (bicyclic) bond motifs is 1. The molecule has 114 valence electrons. The number of hydrogen-bond donors (Lipinski definition) is 1. The topological polar surface area (TPSA) is 77.9 Å². The molecule has 0 atom stereocenters. The lowest BCUT2D eigenvalue weighted by molar-refractivity contribution is -0.137. The van der Waals surface area contributed by atoms with Crippen LogP contribution in [0.3, 0.4) is 0 Å². The van der Waals surface area contributed by atoms with E-state index in [0.717, 1.165) is 15.1 Å². The first-order chi connectivity index (χ1) is 10.1. The molecule has 0 aromatic carbocycles. The molecule has 0 radical (unpaired) electrons. The predicted molar refractivity (Wildman–Crippen MR) is 79.2 cm³/mol. The number of carbonyl (C=O) groups is 1. The third-order valence-corrected chi connectivity index (χ3v) is 3.87. The van der Waals surface area contributed by atoms with Gasteiger partial charge >= 0.3 is 5.97 Å². The molecule has 2 heterocycles. The minimum Gasteiger partial charge on any atom is -0.491 e. The molecule has 6 nitrogen and oxygen atoms in total. The lowest BCUT2D eigenvalue weighted by Gasteiger charge is -2.05. The van der Waals surface area contributed by atoms with Gasteiger partial charge in [0.1, 0.15) is 0 Å². The zero-order chi connectivity index (χ0) is 15.2. The third-order valence-electron chi connectivity index (χ3n) is 2.82. The third kappa shape index (κ3) is 4.05. The Morgan fingerprint density at radius 1 is 1.33 bits per heavy atom. The lowest BCUT2D eigenvalue weighted by atomic mass is 10.3. The van der Waals surface area contributed by atoms with E-state index in [0.29, 0.717) is 31.3 Å². The number of rotatable bonds is 8. The number of ether oxygens (including phenoxy) is 3. The standard InChI is InChI=1S/C14H17NO5S/c1-18-11-7-12-10(15-14(11)19-2)6-9(21-12)8-20-5-3-4-13(16)17/h6-7H,3-5,8H2,1-2H3,(H,16,17). The van der Waals surface area contributed by atoms with Gasteiger partial charge in [0.05, 0.1) is 31.0 Å². The summed E-state index contributed by atoms with van der Waals surface area (Å²) in [7, 11) is 3.13. The van der Waals surface area contributed by atoms with Gasteiger partial charge in [0.25, 0.3) is 5.88 Å². The Bertz CT molecular complexity index is 584. The van der Waals surface area contributed by atoms with Gasteiger partial charge < -0.3 is 19.3 Å². The summed E-state index contributed by atoms with van der Waals surface area (Å²) >= 11 is 1.57. The fourth-order valence-electron chi connectivity index (χ4n) is 1.84. The van der Waals surface area contributed by atoms with Crippen molar-refractivity contribution in [3.63, 3.8) is 0 Å². The summed E-state index contributed by atoms with van der Waals surface area (Å²) in [4.78, 5) is 15.8. The Labute approximate surface area is 126 Å². The van der Waals surface area contributed by atoms with Crippen molar-refractivity contribution in [2.24, 2.45) is 0 Å². The van der Waals surface area contributed by atoms with Gasteiger partial charge in [-0.2, -0.15) is 0 Å². The van der Waals surface area contributed by atoms with Crippen molar-refractivity contribution in [2.45, 2.75) is 19.4 Å². The number of methoxy groups -OCH3 is 2. The molecule has 2 aromatic rings. The van der Waals surface area contributed by atoms with Crippen molar-refractivity contribution in [2.75, 3.05) is 20.8 Å². The maximum atomic E-state index is 10.4. The number of aromatic nitrogens is 1. The second kappa shape index (κ2) is 7.24. The van der Waals surface area contributed by atoms with Gasteiger partial charge in [0, 0.05) is 24.0 Å². The van der Waals surface area contributed by atoms with Crippen molar-refractivity contribution >= 4 is 27.5 Å². The van der Waals surface area contributed by atoms with Gasteiger partial charge in [-0.1, -0.05) is 0 Å². The first-order valence-electron chi connectivity index (χ1n) is 6.45. The number of thiophene rings is 1. The van der Waals surface area contributed by atoms with Crippen LogP contribution in [0.15, 0.2) is 12.1 Å². The van der Waals surface area contributed by atoms with Crippen LogP contribution in [0.2, 0.25) is 0 Å². The molecule has 0 saturated carbocycles. The molecular weight excluding hydrogens is 294 g/mol. The Hall–Kier alpha value is -1.86. The summed E-state index contributed by atoms with van der Waals surface area (Å²) in [6.07, 6.45) is 0.641. The van der Waals surface area contributed by atoms with Gasteiger partial charge in [-0.3, -0.25) is 4.79 Å². The maximum Gasteiger partial charge on any atom is 0.303 e. The van der Waals surface area contributed by atoms with Crippen molar-refractivity contribution in [3.8, 4) is 11.6 Å². The van der Waals surface area contributed by atoms with Gasteiger partial charge in [-0.25, -0.2) is 4.98 Å². The molecule has 1 N–H and O–H groups in total. The van der Waals surface area contributed by atoms with E-state index in [-0.39, 0.29) is 6.42 Å². The molecule has 21 heavy (non-hydrogen) atoms. The first-order valence-corrected chi connectivity index (χ1v) is 7.26. The van der Waals surface area contributed by atoms with Crippen LogP contribution in [0.1, 0.15) is 17.7 Å². The van der Waals surface area contributed by atoms with Crippen LogP contribution in [-0.4, -0.2) is 36.9 Å². The average molecular weight is 311 g/mol. The highest BCUT2D eigenvalue weighted by Gasteiger charge is 2.11. The van der Waals surface area contributed by atoms with Gasteiger partial charge in [0.15, 0.2) is 5.75 Å².